The maximum atomic E-state index is 11.7. The average Bonchev–Trinajstić information content (AvgIpc) is 2.43. The highest BCUT2D eigenvalue weighted by molar-refractivity contribution is 5.92. The number of nitrogens with one attached hydrogen (secondary N) is 1. The Bertz CT molecular complexity index is 582. The van der Waals surface area contributed by atoms with Crippen molar-refractivity contribution >= 4 is 11.6 Å². The minimum Gasteiger partial charge on any atom is -0.506 e. The third kappa shape index (κ3) is 4.02. The Kier molecular flexibility index (Phi) is 4.60. The highest BCUT2D eigenvalue weighted by atomic mass is 16.5. The molecule has 0 saturated heterocycles. The number of phenols is 1. The van der Waals surface area contributed by atoms with Crippen molar-refractivity contribution < 1.29 is 14.6 Å². The molecule has 0 radical (unpaired) electrons. The fraction of sp³-hybridized carbons (Fsp3) is 0.188. The number of hydrogen-bond donors (Lipinski definition) is 2. The van der Waals surface area contributed by atoms with Crippen LogP contribution in [0.1, 0.15) is 12.0 Å². The van der Waals surface area contributed by atoms with Crippen molar-refractivity contribution in [1.29, 1.82) is 0 Å². The van der Waals surface area contributed by atoms with Gasteiger partial charge in [0.05, 0.1) is 18.7 Å². The van der Waals surface area contributed by atoms with Crippen LogP contribution in [0.4, 0.5) is 5.69 Å². The highest BCUT2D eigenvalue weighted by Crippen LogP contribution is 2.23. The van der Waals surface area contributed by atoms with Gasteiger partial charge in [-0.1, -0.05) is 24.3 Å². The average molecular weight is 271 g/mol. The van der Waals surface area contributed by atoms with E-state index in [-0.39, 0.29) is 18.1 Å². The minimum absolute atomic E-state index is 0.0716. The van der Waals surface area contributed by atoms with Crippen LogP contribution >= 0.6 is 0 Å². The number of hydrogen-bond acceptors (Lipinski definition) is 3. The second kappa shape index (κ2) is 6.61. The van der Waals surface area contributed by atoms with Crippen molar-refractivity contribution in [2.24, 2.45) is 0 Å². The van der Waals surface area contributed by atoms with Gasteiger partial charge >= 0.3 is 0 Å². The van der Waals surface area contributed by atoms with Crippen LogP contribution in [0.2, 0.25) is 0 Å². The van der Waals surface area contributed by atoms with Gasteiger partial charge < -0.3 is 15.2 Å². The molecule has 2 aromatic carbocycles. The zero-order chi connectivity index (χ0) is 14.4. The topological polar surface area (TPSA) is 58.6 Å². The molecule has 0 aliphatic heterocycles. The Morgan fingerprint density at radius 2 is 1.95 bits per heavy atom. The lowest BCUT2D eigenvalue weighted by atomic mass is 10.2. The van der Waals surface area contributed by atoms with E-state index in [4.69, 9.17) is 4.74 Å². The molecule has 4 heteroatoms. The number of ether oxygens (including phenoxy) is 1. The van der Waals surface area contributed by atoms with Gasteiger partial charge in [-0.15, -0.1) is 0 Å². The summed E-state index contributed by atoms with van der Waals surface area (Å²) in [6, 6.07) is 14.4. The van der Waals surface area contributed by atoms with Gasteiger partial charge in [0, 0.05) is 0 Å². The zero-order valence-corrected chi connectivity index (χ0v) is 11.3. The molecule has 0 bridgehead atoms. The lowest BCUT2D eigenvalue weighted by Gasteiger charge is -2.09. The minimum atomic E-state index is -0.194. The van der Waals surface area contributed by atoms with E-state index in [0.717, 1.165) is 11.3 Å². The number of aryl methyl sites for hydroxylation is 1. The first kappa shape index (κ1) is 13.9. The zero-order valence-electron chi connectivity index (χ0n) is 11.3. The summed E-state index contributed by atoms with van der Waals surface area (Å²) in [5.74, 6) is 0.612. The number of carbonyl (C=O) groups is 1. The van der Waals surface area contributed by atoms with E-state index in [9.17, 15) is 9.90 Å². The van der Waals surface area contributed by atoms with Gasteiger partial charge in [0.15, 0.2) is 0 Å². The van der Waals surface area contributed by atoms with Gasteiger partial charge in [0.2, 0.25) is 5.91 Å². The normalized spacial score (nSPS) is 10.1. The van der Waals surface area contributed by atoms with Crippen molar-refractivity contribution in [2.45, 2.75) is 13.3 Å². The Balaban J connectivity index is 1.81. The molecule has 2 N–H and O–H groups in total. The van der Waals surface area contributed by atoms with Crippen molar-refractivity contribution in [3.63, 3.8) is 0 Å². The van der Waals surface area contributed by atoms with Crippen LogP contribution in [0.5, 0.6) is 11.5 Å². The van der Waals surface area contributed by atoms with Gasteiger partial charge in [-0.25, -0.2) is 0 Å². The van der Waals surface area contributed by atoms with E-state index >= 15 is 0 Å². The molecule has 2 aromatic rings. The van der Waals surface area contributed by atoms with E-state index in [0.29, 0.717) is 12.3 Å². The van der Waals surface area contributed by atoms with Crippen molar-refractivity contribution in [3.8, 4) is 11.5 Å². The summed E-state index contributed by atoms with van der Waals surface area (Å²) in [6.45, 7) is 2.17. The first-order chi connectivity index (χ1) is 9.65. The summed E-state index contributed by atoms with van der Waals surface area (Å²) in [5.41, 5.74) is 1.35. The SMILES string of the molecule is Cc1ccc(NC(=O)CCOc2ccccc2)c(O)c1. The third-order valence-electron chi connectivity index (χ3n) is 2.77. The number of benzene rings is 2. The molecule has 4 nitrogen and oxygen atoms in total. The molecule has 0 heterocycles. The van der Waals surface area contributed by atoms with Gasteiger partial charge in [-0.2, -0.15) is 0 Å². The van der Waals surface area contributed by atoms with Crippen LogP contribution in [0.25, 0.3) is 0 Å². The van der Waals surface area contributed by atoms with E-state index in [2.05, 4.69) is 5.32 Å². The summed E-state index contributed by atoms with van der Waals surface area (Å²) in [7, 11) is 0. The van der Waals surface area contributed by atoms with E-state index in [1.165, 1.54) is 0 Å². The van der Waals surface area contributed by atoms with E-state index in [1.54, 1.807) is 12.1 Å². The predicted molar refractivity (Wildman–Crippen MR) is 78.0 cm³/mol. The molecule has 20 heavy (non-hydrogen) atoms. The van der Waals surface area contributed by atoms with E-state index < -0.39 is 0 Å². The second-order valence-electron chi connectivity index (χ2n) is 4.48. The summed E-state index contributed by atoms with van der Waals surface area (Å²) in [4.78, 5) is 11.7. The number of para-hydroxylation sites is 1. The van der Waals surface area contributed by atoms with Crippen molar-refractivity contribution in [3.05, 3.63) is 54.1 Å². The molecule has 0 saturated carbocycles. The molecule has 0 aromatic heterocycles. The van der Waals surface area contributed by atoms with E-state index in [1.807, 2.05) is 43.3 Å². The van der Waals surface area contributed by atoms with Crippen LogP contribution in [-0.2, 0) is 4.79 Å². The largest absolute Gasteiger partial charge is 0.506 e. The first-order valence-electron chi connectivity index (χ1n) is 6.42. The molecule has 0 fully saturated rings. The number of rotatable bonds is 5. The molecular weight excluding hydrogens is 254 g/mol. The lowest BCUT2D eigenvalue weighted by molar-refractivity contribution is -0.116. The van der Waals surface area contributed by atoms with Crippen LogP contribution in [0.15, 0.2) is 48.5 Å². The summed E-state index contributed by atoms with van der Waals surface area (Å²) < 4.78 is 5.44. The van der Waals surface area contributed by atoms with Crippen LogP contribution in [-0.4, -0.2) is 17.6 Å². The van der Waals surface area contributed by atoms with Crippen molar-refractivity contribution in [2.75, 3.05) is 11.9 Å². The highest BCUT2D eigenvalue weighted by Gasteiger charge is 2.06. The molecule has 0 aliphatic rings. The third-order valence-corrected chi connectivity index (χ3v) is 2.77. The first-order valence-corrected chi connectivity index (χ1v) is 6.42. The Morgan fingerprint density at radius 1 is 1.20 bits per heavy atom. The fourth-order valence-electron chi connectivity index (χ4n) is 1.74. The molecule has 1 amide bonds. The molecular formula is C16H17NO3. The molecule has 2 rings (SSSR count). The molecule has 0 atom stereocenters. The van der Waals surface area contributed by atoms with Gasteiger partial charge in [0.1, 0.15) is 11.5 Å². The molecule has 0 unspecified atom stereocenters. The monoisotopic (exact) mass is 271 g/mol. The number of carbonyl (C=O) groups excluding carboxylic acids is 1. The molecule has 0 spiro atoms. The van der Waals surface area contributed by atoms with Crippen molar-refractivity contribution in [1.82, 2.24) is 0 Å². The van der Waals surface area contributed by atoms with Crippen LogP contribution in [0.3, 0.4) is 0 Å². The van der Waals surface area contributed by atoms with Gasteiger partial charge in [0.25, 0.3) is 0 Å². The Morgan fingerprint density at radius 3 is 2.65 bits per heavy atom. The van der Waals surface area contributed by atoms with Crippen LogP contribution in [0, 0.1) is 6.92 Å². The van der Waals surface area contributed by atoms with Crippen LogP contribution < -0.4 is 10.1 Å². The summed E-state index contributed by atoms with van der Waals surface area (Å²) >= 11 is 0. The van der Waals surface area contributed by atoms with Gasteiger partial charge in [-0.05, 0) is 36.8 Å². The fourth-order valence-corrected chi connectivity index (χ4v) is 1.74. The summed E-state index contributed by atoms with van der Waals surface area (Å²) in [5, 5.41) is 12.4. The quantitative estimate of drug-likeness (QED) is 0.821. The lowest BCUT2D eigenvalue weighted by Crippen LogP contribution is -2.15. The second-order valence-corrected chi connectivity index (χ2v) is 4.48. The number of aromatic hydroxyl groups is 1. The number of phenolic OH excluding ortho intramolecular Hbond substituents is 1. The number of anilines is 1. The number of amides is 1. The maximum absolute atomic E-state index is 11.7. The van der Waals surface area contributed by atoms with Gasteiger partial charge in [-0.3, -0.25) is 4.79 Å². The molecule has 104 valence electrons. The predicted octanol–water partition coefficient (Wildman–Crippen LogP) is 3.11. The standard InChI is InChI=1S/C16H17NO3/c1-12-7-8-14(15(18)11-12)17-16(19)9-10-20-13-5-3-2-4-6-13/h2-8,11,18H,9-10H2,1H3,(H,17,19). The Labute approximate surface area is 118 Å². The molecule has 0 aliphatic carbocycles. The smallest absolute Gasteiger partial charge is 0.227 e. The summed E-state index contributed by atoms with van der Waals surface area (Å²) in [6.07, 6.45) is 0.224. The Hall–Kier alpha value is -2.49. The maximum Gasteiger partial charge on any atom is 0.227 e.